The van der Waals surface area contributed by atoms with E-state index in [1.165, 1.54) is 12.1 Å². The molecule has 0 fully saturated rings. The van der Waals surface area contributed by atoms with Crippen LogP contribution in [-0.4, -0.2) is 41.3 Å². The van der Waals surface area contributed by atoms with Gasteiger partial charge < -0.3 is 14.4 Å². The van der Waals surface area contributed by atoms with Crippen LogP contribution in [0.15, 0.2) is 48.5 Å². The Bertz CT molecular complexity index is 1020. The summed E-state index contributed by atoms with van der Waals surface area (Å²) in [6, 6.07) is 13.3. The molecular formula is C23H26FN3O3. The van der Waals surface area contributed by atoms with E-state index in [2.05, 4.69) is 5.10 Å². The van der Waals surface area contributed by atoms with Gasteiger partial charge in [-0.2, -0.15) is 5.10 Å². The first-order valence-electron chi connectivity index (χ1n) is 9.83. The first-order valence-corrected chi connectivity index (χ1v) is 9.83. The zero-order valence-electron chi connectivity index (χ0n) is 17.7. The lowest BCUT2D eigenvalue weighted by atomic mass is 10.1. The SMILES string of the molecule is CCN(C)C(=O)CCc1c(C)nn(-c2ccc(F)cc2)c1Oc1ccccc1OC. The number of aromatic nitrogens is 2. The second kappa shape index (κ2) is 9.43. The molecule has 6 nitrogen and oxygen atoms in total. The predicted molar refractivity (Wildman–Crippen MR) is 113 cm³/mol. The second-order valence-corrected chi connectivity index (χ2v) is 6.92. The summed E-state index contributed by atoms with van der Waals surface area (Å²) in [5.74, 6) is 1.31. The number of halogens is 1. The number of aryl methyl sites for hydroxylation is 1. The Kier molecular flexibility index (Phi) is 6.72. The first-order chi connectivity index (χ1) is 14.4. The highest BCUT2D eigenvalue weighted by molar-refractivity contribution is 5.76. The van der Waals surface area contributed by atoms with Crippen molar-refractivity contribution in [1.29, 1.82) is 0 Å². The van der Waals surface area contributed by atoms with Crippen molar-refractivity contribution in [3.8, 4) is 23.1 Å². The van der Waals surface area contributed by atoms with Crippen molar-refractivity contribution in [2.75, 3.05) is 20.7 Å². The molecule has 0 radical (unpaired) electrons. The van der Waals surface area contributed by atoms with Gasteiger partial charge in [0.15, 0.2) is 11.5 Å². The minimum absolute atomic E-state index is 0.0506. The van der Waals surface area contributed by atoms with Crippen LogP contribution < -0.4 is 9.47 Å². The van der Waals surface area contributed by atoms with E-state index in [4.69, 9.17) is 9.47 Å². The molecule has 0 atom stereocenters. The van der Waals surface area contributed by atoms with Crippen molar-refractivity contribution < 1.29 is 18.7 Å². The summed E-state index contributed by atoms with van der Waals surface area (Å²) in [5.41, 5.74) is 2.23. The summed E-state index contributed by atoms with van der Waals surface area (Å²) in [7, 11) is 3.36. The van der Waals surface area contributed by atoms with Gasteiger partial charge in [-0.15, -0.1) is 0 Å². The molecule has 1 heterocycles. The van der Waals surface area contributed by atoms with E-state index < -0.39 is 0 Å². The van der Waals surface area contributed by atoms with Crippen LogP contribution in [0.5, 0.6) is 17.4 Å². The third-order valence-electron chi connectivity index (χ3n) is 4.97. The average Bonchev–Trinajstić information content (AvgIpc) is 3.07. The van der Waals surface area contributed by atoms with Crippen LogP contribution >= 0.6 is 0 Å². The first kappa shape index (κ1) is 21.4. The molecule has 2 aromatic carbocycles. The molecule has 0 saturated heterocycles. The Morgan fingerprint density at radius 1 is 1.13 bits per heavy atom. The molecule has 3 rings (SSSR count). The molecule has 0 aliphatic rings. The standard InChI is InChI=1S/C23H26FN3O3/c1-5-26(3)22(28)15-14-19-16(2)25-27(18-12-10-17(24)11-13-18)23(19)30-21-9-7-6-8-20(21)29-4/h6-13H,5,14-15H2,1-4H3. The van der Waals surface area contributed by atoms with Crippen LogP contribution in [0.2, 0.25) is 0 Å². The van der Waals surface area contributed by atoms with Crippen molar-refractivity contribution in [3.05, 3.63) is 65.6 Å². The number of methoxy groups -OCH3 is 1. The fourth-order valence-electron chi connectivity index (χ4n) is 3.09. The van der Waals surface area contributed by atoms with Crippen LogP contribution in [0.3, 0.4) is 0 Å². The van der Waals surface area contributed by atoms with E-state index in [9.17, 15) is 9.18 Å². The molecule has 30 heavy (non-hydrogen) atoms. The van der Waals surface area contributed by atoms with Gasteiger partial charge >= 0.3 is 0 Å². The number of carbonyl (C=O) groups excluding carboxylic acids is 1. The lowest BCUT2D eigenvalue weighted by Crippen LogP contribution is -2.26. The van der Waals surface area contributed by atoms with Gasteiger partial charge in [-0.05, 0) is 56.7 Å². The van der Waals surface area contributed by atoms with Gasteiger partial charge in [0, 0.05) is 25.6 Å². The Balaban J connectivity index is 2.02. The van der Waals surface area contributed by atoms with E-state index in [1.54, 1.807) is 48.0 Å². The van der Waals surface area contributed by atoms with Crippen LogP contribution in [0, 0.1) is 12.7 Å². The molecule has 0 aliphatic carbocycles. The van der Waals surface area contributed by atoms with Gasteiger partial charge in [-0.1, -0.05) is 12.1 Å². The molecule has 0 bridgehead atoms. The number of carbonyl (C=O) groups is 1. The highest BCUT2D eigenvalue weighted by Gasteiger charge is 2.21. The number of rotatable bonds is 8. The molecule has 3 aromatic rings. The van der Waals surface area contributed by atoms with Crippen LogP contribution in [-0.2, 0) is 11.2 Å². The van der Waals surface area contributed by atoms with Gasteiger partial charge in [0.25, 0.3) is 0 Å². The molecule has 0 saturated carbocycles. The number of nitrogens with zero attached hydrogens (tertiary/aromatic N) is 3. The second-order valence-electron chi connectivity index (χ2n) is 6.92. The molecule has 0 spiro atoms. The van der Waals surface area contributed by atoms with Crippen molar-refractivity contribution >= 4 is 5.91 Å². The molecular weight excluding hydrogens is 385 g/mol. The largest absolute Gasteiger partial charge is 0.493 e. The topological polar surface area (TPSA) is 56.6 Å². The van der Waals surface area contributed by atoms with Gasteiger partial charge in [0.1, 0.15) is 5.82 Å². The van der Waals surface area contributed by atoms with Crippen molar-refractivity contribution in [1.82, 2.24) is 14.7 Å². The van der Waals surface area contributed by atoms with Crippen molar-refractivity contribution in [2.45, 2.75) is 26.7 Å². The van der Waals surface area contributed by atoms with E-state index in [-0.39, 0.29) is 11.7 Å². The zero-order valence-corrected chi connectivity index (χ0v) is 17.7. The number of benzene rings is 2. The molecule has 1 aromatic heterocycles. The molecule has 7 heteroatoms. The Morgan fingerprint density at radius 2 is 1.80 bits per heavy atom. The monoisotopic (exact) mass is 411 g/mol. The quantitative estimate of drug-likeness (QED) is 0.546. The summed E-state index contributed by atoms with van der Waals surface area (Å²) < 4.78 is 26.7. The van der Waals surface area contributed by atoms with Crippen LogP contribution in [0.4, 0.5) is 4.39 Å². The van der Waals surface area contributed by atoms with E-state index >= 15 is 0 Å². The maximum Gasteiger partial charge on any atom is 0.226 e. The summed E-state index contributed by atoms with van der Waals surface area (Å²) in [4.78, 5) is 14.0. The van der Waals surface area contributed by atoms with Gasteiger partial charge in [0.2, 0.25) is 11.8 Å². The number of hydrogen-bond acceptors (Lipinski definition) is 4. The third kappa shape index (κ3) is 4.62. The van der Waals surface area contributed by atoms with Crippen molar-refractivity contribution in [2.24, 2.45) is 0 Å². The lowest BCUT2D eigenvalue weighted by molar-refractivity contribution is -0.129. The molecule has 0 aliphatic heterocycles. The van der Waals surface area contributed by atoms with E-state index in [0.29, 0.717) is 42.5 Å². The zero-order chi connectivity index (χ0) is 21.7. The van der Waals surface area contributed by atoms with Crippen LogP contribution in [0.25, 0.3) is 5.69 Å². The fraction of sp³-hybridized carbons (Fsp3) is 0.304. The predicted octanol–water partition coefficient (Wildman–Crippen LogP) is 4.53. The lowest BCUT2D eigenvalue weighted by Gasteiger charge is -2.15. The molecule has 1 amide bonds. The Hall–Kier alpha value is -3.35. The fourth-order valence-corrected chi connectivity index (χ4v) is 3.09. The molecule has 0 N–H and O–H groups in total. The highest BCUT2D eigenvalue weighted by Crippen LogP contribution is 2.36. The summed E-state index contributed by atoms with van der Waals surface area (Å²) >= 11 is 0. The maximum atomic E-state index is 13.4. The van der Waals surface area contributed by atoms with Crippen molar-refractivity contribution in [3.63, 3.8) is 0 Å². The van der Waals surface area contributed by atoms with E-state index in [1.807, 2.05) is 26.0 Å². The minimum Gasteiger partial charge on any atom is -0.493 e. The normalized spacial score (nSPS) is 10.7. The Labute approximate surface area is 175 Å². The van der Waals surface area contributed by atoms with Gasteiger partial charge in [0.05, 0.1) is 18.5 Å². The summed E-state index contributed by atoms with van der Waals surface area (Å²) in [6.07, 6.45) is 0.809. The smallest absolute Gasteiger partial charge is 0.226 e. The number of ether oxygens (including phenoxy) is 2. The summed E-state index contributed by atoms with van der Waals surface area (Å²) in [5, 5.41) is 4.61. The van der Waals surface area contributed by atoms with Gasteiger partial charge in [-0.25, -0.2) is 9.07 Å². The number of amides is 1. The van der Waals surface area contributed by atoms with Gasteiger partial charge in [-0.3, -0.25) is 4.79 Å². The highest BCUT2D eigenvalue weighted by atomic mass is 19.1. The number of para-hydroxylation sites is 2. The molecule has 0 unspecified atom stereocenters. The third-order valence-corrected chi connectivity index (χ3v) is 4.97. The average molecular weight is 411 g/mol. The van der Waals surface area contributed by atoms with E-state index in [0.717, 1.165) is 11.3 Å². The maximum absolute atomic E-state index is 13.4. The number of hydrogen-bond donors (Lipinski definition) is 0. The minimum atomic E-state index is -0.330. The molecule has 158 valence electrons. The Morgan fingerprint density at radius 3 is 2.43 bits per heavy atom. The van der Waals surface area contributed by atoms with Crippen LogP contribution in [0.1, 0.15) is 24.6 Å². The summed E-state index contributed by atoms with van der Waals surface area (Å²) in [6.45, 7) is 4.46.